The molecular formula is C13H14F3N3O2. The van der Waals surface area contributed by atoms with Crippen molar-refractivity contribution < 1.29 is 22.8 Å². The minimum absolute atomic E-state index is 0.0130. The molecule has 1 heterocycles. The van der Waals surface area contributed by atoms with Gasteiger partial charge in [-0.1, -0.05) is 5.16 Å². The Labute approximate surface area is 119 Å². The summed E-state index contributed by atoms with van der Waals surface area (Å²) >= 11 is 0. The van der Waals surface area contributed by atoms with E-state index in [2.05, 4.69) is 10.1 Å². The molecule has 0 atom stereocenters. The van der Waals surface area contributed by atoms with Gasteiger partial charge in [0.2, 0.25) is 11.7 Å². The predicted molar refractivity (Wildman–Crippen MR) is 68.1 cm³/mol. The van der Waals surface area contributed by atoms with Gasteiger partial charge in [-0.2, -0.15) is 4.98 Å². The van der Waals surface area contributed by atoms with Crippen LogP contribution < -0.4 is 0 Å². The quantitative estimate of drug-likeness (QED) is 0.846. The maximum atomic E-state index is 12.8. The summed E-state index contributed by atoms with van der Waals surface area (Å²) in [4.78, 5) is 5.38. The van der Waals surface area contributed by atoms with Crippen molar-refractivity contribution in [3.63, 3.8) is 0 Å². The summed E-state index contributed by atoms with van der Waals surface area (Å²) < 4.78 is 42.6. The zero-order chi connectivity index (χ0) is 15.2. The Hall–Kier alpha value is -1.93. The molecule has 114 valence electrons. The Morgan fingerprint density at radius 2 is 1.95 bits per heavy atom. The molecule has 0 amide bonds. The van der Waals surface area contributed by atoms with Crippen molar-refractivity contribution in [2.75, 3.05) is 19.7 Å². The number of benzene rings is 1. The lowest BCUT2D eigenvalue weighted by Crippen LogP contribution is -2.31. The molecule has 1 N–H and O–H groups in total. The van der Waals surface area contributed by atoms with Crippen LogP contribution in [0.5, 0.6) is 0 Å². The van der Waals surface area contributed by atoms with Crippen LogP contribution in [0.4, 0.5) is 13.2 Å². The first kappa shape index (κ1) is 15.5. The van der Waals surface area contributed by atoms with Crippen LogP contribution in [0.2, 0.25) is 0 Å². The summed E-state index contributed by atoms with van der Waals surface area (Å²) in [6.45, 7) is -0.641. The number of nitrogens with zero attached hydrogens (tertiary/aromatic N) is 3. The fourth-order valence-electron chi connectivity index (χ4n) is 1.80. The second kappa shape index (κ2) is 7.19. The lowest BCUT2D eigenvalue weighted by atomic mass is 10.2. The number of hydrogen-bond acceptors (Lipinski definition) is 5. The van der Waals surface area contributed by atoms with Crippen molar-refractivity contribution in [1.29, 1.82) is 0 Å². The molecule has 5 nitrogen and oxygen atoms in total. The minimum Gasteiger partial charge on any atom is -0.395 e. The van der Waals surface area contributed by atoms with Crippen LogP contribution >= 0.6 is 0 Å². The molecule has 0 bridgehead atoms. The van der Waals surface area contributed by atoms with Gasteiger partial charge in [0.25, 0.3) is 6.43 Å². The summed E-state index contributed by atoms with van der Waals surface area (Å²) in [7, 11) is 0. The second-order valence-electron chi connectivity index (χ2n) is 4.37. The molecule has 1 aromatic heterocycles. The molecule has 0 fully saturated rings. The monoisotopic (exact) mass is 301 g/mol. The maximum absolute atomic E-state index is 12.8. The van der Waals surface area contributed by atoms with Crippen LogP contribution in [0.1, 0.15) is 5.89 Å². The van der Waals surface area contributed by atoms with Crippen molar-refractivity contribution in [2.24, 2.45) is 0 Å². The van der Waals surface area contributed by atoms with E-state index in [9.17, 15) is 13.2 Å². The fourth-order valence-corrected chi connectivity index (χ4v) is 1.80. The highest BCUT2D eigenvalue weighted by Gasteiger charge is 2.16. The van der Waals surface area contributed by atoms with Crippen LogP contribution in [0.3, 0.4) is 0 Å². The topological polar surface area (TPSA) is 62.4 Å². The molecule has 21 heavy (non-hydrogen) atoms. The van der Waals surface area contributed by atoms with E-state index >= 15 is 0 Å². The number of aromatic nitrogens is 2. The van der Waals surface area contributed by atoms with Gasteiger partial charge >= 0.3 is 0 Å². The van der Waals surface area contributed by atoms with Gasteiger partial charge in [-0.15, -0.1) is 0 Å². The molecule has 2 aromatic rings. The third-order valence-corrected chi connectivity index (χ3v) is 2.74. The SMILES string of the molecule is OCCN(Cc1nc(-c2ccc(F)cc2)no1)CC(F)F. The molecule has 0 saturated carbocycles. The first-order valence-electron chi connectivity index (χ1n) is 6.28. The average molecular weight is 301 g/mol. The number of rotatable bonds is 7. The molecule has 0 aliphatic carbocycles. The van der Waals surface area contributed by atoms with E-state index in [-0.39, 0.29) is 37.2 Å². The van der Waals surface area contributed by atoms with Crippen molar-refractivity contribution in [2.45, 2.75) is 13.0 Å². The van der Waals surface area contributed by atoms with E-state index < -0.39 is 13.0 Å². The van der Waals surface area contributed by atoms with Crippen molar-refractivity contribution in [3.05, 3.63) is 36.0 Å². The normalized spacial score (nSPS) is 11.5. The number of aliphatic hydroxyl groups excluding tert-OH is 1. The van der Waals surface area contributed by atoms with Gasteiger partial charge in [0.15, 0.2) is 0 Å². The van der Waals surface area contributed by atoms with Gasteiger partial charge in [0.05, 0.1) is 19.7 Å². The van der Waals surface area contributed by atoms with E-state index in [0.29, 0.717) is 5.56 Å². The Morgan fingerprint density at radius 1 is 1.24 bits per heavy atom. The molecule has 0 aliphatic rings. The van der Waals surface area contributed by atoms with E-state index in [1.54, 1.807) is 0 Å². The van der Waals surface area contributed by atoms with Gasteiger partial charge < -0.3 is 9.63 Å². The molecule has 1 aromatic carbocycles. The average Bonchev–Trinajstić information content (AvgIpc) is 2.87. The lowest BCUT2D eigenvalue weighted by Gasteiger charge is -2.18. The Bertz CT molecular complexity index is 560. The summed E-state index contributed by atoms with van der Waals surface area (Å²) in [5.41, 5.74) is 0.564. The highest BCUT2D eigenvalue weighted by molar-refractivity contribution is 5.53. The maximum Gasteiger partial charge on any atom is 0.251 e. The Morgan fingerprint density at radius 3 is 2.57 bits per heavy atom. The lowest BCUT2D eigenvalue weighted by molar-refractivity contribution is 0.0692. The highest BCUT2D eigenvalue weighted by Crippen LogP contribution is 2.17. The van der Waals surface area contributed by atoms with Gasteiger partial charge in [-0.05, 0) is 24.3 Å². The van der Waals surface area contributed by atoms with Crippen molar-refractivity contribution >= 4 is 0 Å². The van der Waals surface area contributed by atoms with Crippen LogP contribution in [0, 0.1) is 5.82 Å². The van der Waals surface area contributed by atoms with Crippen LogP contribution in [-0.4, -0.2) is 46.3 Å². The fraction of sp³-hybridized carbons (Fsp3) is 0.385. The largest absolute Gasteiger partial charge is 0.395 e. The number of alkyl halides is 2. The molecular weight excluding hydrogens is 287 g/mol. The Balaban J connectivity index is 2.06. The molecule has 2 rings (SSSR count). The highest BCUT2D eigenvalue weighted by atomic mass is 19.3. The third-order valence-electron chi connectivity index (χ3n) is 2.74. The Kier molecular flexibility index (Phi) is 5.29. The second-order valence-corrected chi connectivity index (χ2v) is 4.37. The van der Waals surface area contributed by atoms with Gasteiger partial charge in [-0.3, -0.25) is 4.90 Å². The summed E-state index contributed by atoms with van der Waals surface area (Å²) in [5.74, 6) is 0.0305. The summed E-state index contributed by atoms with van der Waals surface area (Å²) in [5, 5.41) is 12.6. The molecule has 0 unspecified atom stereocenters. The number of hydrogen-bond donors (Lipinski definition) is 1. The molecule has 0 spiro atoms. The summed E-state index contributed by atoms with van der Waals surface area (Å²) in [6.07, 6.45) is -2.52. The third kappa shape index (κ3) is 4.54. The summed E-state index contributed by atoms with van der Waals surface area (Å²) in [6, 6.07) is 5.52. The smallest absolute Gasteiger partial charge is 0.251 e. The van der Waals surface area contributed by atoms with Crippen LogP contribution in [-0.2, 0) is 6.54 Å². The van der Waals surface area contributed by atoms with Crippen molar-refractivity contribution in [1.82, 2.24) is 15.0 Å². The first-order valence-corrected chi connectivity index (χ1v) is 6.28. The van der Waals surface area contributed by atoms with E-state index in [0.717, 1.165) is 0 Å². The molecule has 0 aliphatic heterocycles. The number of aliphatic hydroxyl groups is 1. The zero-order valence-electron chi connectivity index (χ0n) is 11.0. The van der Waals surface area contributed by atoms with Gasteiger partial charge in [-0.25, -0.2) is 13.2 Å². The van der Waals surface area contributed by atoms with Gasteiger partial charge in [0.1, 0.15) is 5.82 Å². The molecule has 0 radical (unpaired) electrons. The molecule has 0 saturated heterocycles. The van der Waals surface area contributed by atoms with Crippen LogP contribution in [0.15, 0.2) is 28.8 Å². The minimum atomic E-state index is -2.52. The molecule has 8 heteroatoms. The van der Waals surface area contributed by atoms with E-state index in [4.69, 9.17) is 9.63 Å². The number of halogens is 3. The zero-order valence-corrected chi connectivity index (χ0v) is 11.0. The first-order chi connectivity index (χ1) is 10.1. The van der Waals surface area contributed by atoms with E-state index in [1.807, 2.05) is 0 Å². The van der Waals surface area contributed by atoms with Crippen LogP contribution in [0.25, 0.3) is 11.4 Å². The van der Waals surface area contributed by atoms with Gasteiger partial charge in [0, 0.05) is 12.1 Å². The van der Waals surface area contributed by atoms with E-state index in [1.165, 1.54) is 29.2 Å². The van der Waals surface area contributed by atoms with Crippen molar-refractivity contribution in [3.8, 4) is 11.4 Å². The predicted octanol–water partition coefficient (Wildman–Crippen LogP) is 1.94. The standard InChI is InChI=1S/C13H14F3N3O2/c14-10-3-1-9(2-4-10)13-17-12(21-18-13)8-19(5-6-20)7-11(15)16/h1-4,11,20H,5-8H2.